The van der Waals surface area contributed by atoms with E-state index in [0.717, 1.165) is 37.4 Å². The van der Waals surface area contributed by atoms with Crippen LogP contribution in [0.15, 0.2) is 6.20 Å². The Morgan fingerprint density at radius 2 is 2.14 bits per heavy atom. The van der Waals surface area contributed by atoms with E-state index in [1.165, 1.54) is 51.5 Å². The predicted molar refractivity (Wildman–Crippen MR) is 84.0 cm³/mol. The summed E-state index contributed by atoms with van der Waals surface area (Å²) in [6.45, 7) is 6.51. The molecular weight excluding hydrogens is 262 g/mol. The standard InChI is InChI=1S/C16H29N5/c1-2-5-16-6-3-4-9-20(16)10-11-21-13-15(18-19-21)12-17-14-7-8-14/h13-14,16-17H,2-12H2,1H3. The maximum atomic E-state index is 4.27. The van der Waals surface area contributed by atoms with E-state index in [1.54, 1.807) is 0 Å². The minimum absolute atomic E-state index is 0.735. The summed E-state index contributed by atoms with van der Waals surface area (Å²) in [6, 6.07) is 1.53. The maximum Gasteiger partial charge on any atom is 0.0964 e. The Balaban J connectivity index is 1.44. The lowest BCUT2D eigenvalue weighted by Crippen LogP contribution is -2.41. The molecule has 1 N–H and O–H groups in total. The summed E-state index contributed by atoms with van der Waals surface area (Å²) in [5.74, 6) is 0. The molecule has 5 nitrogen and oxygen atoms in total. The molecular formula is C16H29N5. The first-order chi connectivity index (χ1) is 10.3. The molecule has 1 aromatic rings. The highest BCUT2D eigenvalue weighted by Gasteiger charge is 2.22. The van der Waals surface area contributed by atoms with Crippen molar-refractivity contribution < 1.29 is 0 Å². The van der Waals surface area contributed by atoms with Crippen molar-refractivity contribution in [3.63, 3.8) is 0 Å². The molecule has 2 heterocycles. The summed E-state index contributed by atoms with van der Waals surface area (Å²) in [6.07, 6.45) is 11.5. The van der Waals surface area contributed by atoms with Gasteiger partial charge in [0.1, 0.15) is 0 Å². The van der Waals surface area contributed by atoms with E-state index in [9.17, 15) is 0 Å². The minimum atomic E-state index is 0.735. The van der Waals surface area contributed by atoms with Crippen molar-refractivity contribution in [1.82, 2.24) is 25.2 Å². The van der Waals surface area contributed by atoms with Crippen molar-refractivity contribution >= 4 is 0 Å². The normalized spacial score (nSPS) is 23.6. The minimum Gasteiger partial charge on any atom is -0.308 e. The highest BCUT2D eigenvalue weighted by atomic mass is 15.4. The Morgan fingerprint density at radius 1 is 1.24 bits per heavy atom. The number of aromatic nitrogens is 3. The molecule has 1 atom stereocenters. The third-order valence-electron chi connectivity index (χ3n) is 4.72. The third kappa shape index (κ3) is 4.51. The molecule has 0 bridgehead atoms. The van der Waals surface area contributed by atoms with Crippen LogP contribution in [-0.4, -0.2) is 45.1 Å². The number of rotatable bonds is 8. The summed E-state index contributed by atoms with van der Waals surface area (Å²) in [4.78, 5) is 2.66. The zero-order valence-electron chi connectivity index (χ0n) is 13.3. The van der Waals surface area contributed by atoms with Crippen molar-refractivity contribution in [2.45, 2.75) is 77.0 Å². The van der Waals surface area contributed by atoms with E-state index in [-0.39, 0.29) is 0 Å². The molecule has 1 aromatic heterocycles. The highest BCUT2D eigenvalue weighted by molar-refractivity contribution is 4.94. The SMILES string of the molecule is CCCC1CCCCN1CCn1cc(CNC2CC2)nn1. The molecule has 0 radical (unpaired) electrons. The van der Waals surface area contributed by atoms with Gasteiger partial charge in [-0.05, 0) is 38.6 Å². The number of hydrogen-bond donors (Lipinski definition) is 1. The van der Waals surface area contributed by atoms with Crippen molar-refractivity contribution in [1.29, 1.82) is 0 Å². The Morgan fingerprint density at radius 3 is 2.95 bits per heavy atom. The summed E-state index contributed by atoms with van der Waals surface area (Å²) >= 11 is 0. The number of piperidine rings is 1. The Hall–Kier alpha value is -0.940. The van der Waals surface area contributed by atoms with Crippen molar-refractivity contribution in [2.75, 3.05) is 13.1 Å². The first-order valence-electron chi connectivity index (χ1n) is 8.71. The second kappa shape index (κ2) is 7.36. The van der Waals surface area contributed by atoms with Gasteiger partial charge in [-0.3, -0.25) is 9.58 Å². The molecule has 2 fully saturated rings. The molecule has 0 amide bonds. The first kappa shape index (κ1) is 15.0. The molecule has 5 heteroatoms. The molecule has 2 aliphatic rings. The van der Waals surface area contributed by atoms with Crippen LogP contribution in [0.4, 0.5) is 0 Å². The topological polar surface area (TPSA) is 46.0 Å². The summed E-state index contributed by atoms with van der Waals surface area (Å²) < 4.78 is 2.02. The molecule has 21 heavy (non-hydrogen) atoms. The van der Waals surface area contributed by atoms with Gasteiger partial charge >= 0.3 is 0 Å². The largest absolute Gasteiger partial charge is 0.308 e. The molecule has 118 valence electrons. The average Bonchev–Trinajstić information content (AvgIpc) is 3.23. The summed E-state index contributed by atoms with van der Waals surface area (Å²) in [5, 5.41) is 12.0. The van der Waals surface area contributed by atoms with Crippen LogP contribution < -0.4 is 5.32 Å². The van der Waals surface area contributed by atoms with Gasteiger partial charge in [0.25, 0.3) is 0 Å². The Bertz CT molecular complexity index is 424. The molecule has 0 spiro atoms. The molecule has 0 aromatic carbocycles. The van der Waals surface area contributed by atoms with Gasteiger partial charge in [-0.1, -0.05) is 25.0 Å². The fourth-order valence-corrected chi connectivity index (χ4v) is 3.31. The van der Waals surface area contributed by atoms with Crippen LogP contribution in [0.5, 0.6) is 0 Å². The van der Waals surface area contributed by atoms with E-state index in [0.29, 0.717) is 0 Å². The van der Waals surface area contributed by atoms with Gasteiger partial charge in [0.05, 0.1) is 12.2 Å². The molecule has 1 saturated heterocycles. The van der Waals surface area contributed by atoms with Gasteiger partial charge in [0.2, 0.25) is 0 Å². The smallest absolute Gasteiger partial charge is 0.0964 e. The quantitative estimate of drug-likeness (QED) is 0.797. The zero-order chi connectivity index (χ0) is 14.5. The van der Waals surface area contributed by atoms with E-state index in [1.807, 2.05) is 4.68 Å². The Labute approximate surface area is 128 Å². The van der Waals surface area contributed by atoms with Gasteiger partial charge in [-0.2, -0.15) is 0 Å². The third-order valence-corrected chi connectivity index (χ3v) is 4.72. The lowest BCUT2D eigenvalue weighted by Gasteiger charge is -2.35. The molecule has 1 aliphatic carbocycles. The molecule has 1 saturated carbocycles. The van der Waals surface area contributed by atoms with Gasteiger partial charge in [-0.15, -0.1) is 5.10 Å². The summed E-state index contributed by atoms with van der Waals surface area (Å²) in [5.41, 5.74) is 1.07. The fourth-order valence-electron chi connectivity index (χ4n) is 3.31. The fraction of sp³-hybridized carbons (Fsp3) is 0.875. The van der Waals surface area contributed by atoms with Crippen LogP contribution in [0.2, 0.25) is 0 Å². The number of nitrogens with one attached hydrogen (secondary N) is 1. The van der Waals surface area contributed by atoms with Gasteiger partial charge in [0, 0.05) is 31.4 Å². The number of hydrogen-bond acceptors (Lipinski definition) is 4. The van der Waals surface area contributed by atoms with Crippen molar-refractivity contribution in [3.8, 4) is 0 Å². The highest BCUT2D eigenvalue weighted by Crippen LogP contribution is 2.21. The van der Waals surface area contributed by atoms with Gasteiger partial charge in [0.15, 0.2) is 0 Å². The van der Waals surface area contributed by atoms with Crippen LogP contribution >= 0.6 is 0 Å². The average molecular weight is 291 g/mol. The van der Waals surface area contributed by atoms with Crippen molar-refractivity contribution in [3.05, 3.63) is 11.9 Å². The summed E-state index contributed by atoms with van der Waals surface area (Å²) in [7, 11) is 0. The predicted octanol–water partition coefficient (Wildman–Crippen LogP) is 2.18. The monoisotopic (exact) mass is 291 g/mol. The van der Waals surface area contributed by atoms with Crippen LogP contribution in [0.25, 0.3) is 0 Å². The van der Waals surface area contributed by atoms with E-state index < -0.39 is 0 Å². The van der Waals surface area contributed by atoms with E-state index >= 15 is 0 Å². The van der Waals surface area contributed by atoms with Crippen LogP contribution in [0, 0.1) is 0 Å². The van der Waals surface area contributed by atoms with Crippen LogP contribution in [-0.2, 0) is 13.1 Å². The molecule has 1 unspecified atom stereocenters. The Kier molecular flexibility index (Phi) is 5.25. The number of nitrogens with zero attached hydrogens (tertiary/aromatic N) is 4. The molecule has 3 rings (SSSR count). The second-order valence-electron chi connectivity index (χ2n) is 6.60. The lowest BCUT2D eigenvalue weighted by atomic mass is 9.98. The van der Waals surface area contributed by atoms with Gasteiger partial charge in [-0.25, -0.2) is 0 Å². The van der Waals surface area contributed by atoms with E-state index in [2.05, 4.69) is 33.6 Å². The zero-order valence-corrected chi connectivity index (χ0v) is 13.3. The van der Waals surface area contributed by atoms with Crippen LogP contribution in [0.1, 0.15) is 57.6 Å². The van der Waals surface area contributed by atoms with E-state index in [4.69, 9.17) is 0 Å². The van der Waals surface area contributed by atoms with Gasteiger partial charge < -0.3 is 5.32 Å². The van der Waals surface area contributed by atoms with Crippen LogP contribution in [0.3, 0.4) is 0 Å². The maximum absolute atomic E-state index is 4.27. The number of likely N-dealkylation sites (tertiary alicyclic amines) is 1. The molecule has 1 aliphatic heterocycles. The lowest BCUT2D eigenvalue weighted by molar-refractivity contribution is 0.132. The second-order valence-corrected chi connectivity index (χ2v) is 6.60. The first-order valence-corrected chi connectivity index (χ1v) is 8.71. The van der Waals surface area contributed by atoms with Crippen molar-refractivity contribution in [2.24, 2.45) is 0 Å².